The second kappa shape index (κ2) is 8.46. The molecule has 6 heteroatoms. The van der Waals surface area contributed by atoms with E-state index in [2.05, 4.69) is 37.9 Å². The molecule has 1 spiro atoms. The number of hydrogen-bond acceptors (Lipinski definition) is 5. The van der Waals surface area contributed by atoms with Gasteiger partial charge in [-0.1, -0.05) is 20.3 Å². The highest BCUT2D eigenvalue weighted by Gasteiger charge is 2.43. The zero-order chi connectivity index (χ0) is 15.9. The Morgan fingerprint density at radius 3 is 1.81 bits per heavy atom. The molecule has 0 unspecified atom stereocenters. The highest BCUT2D eigenvalue weighted by molar-refractivity contribution is 7.91. The highest BCUT2D eigenvalue weighted by atomic mass is 32.2. The summed E-state index contributed by atoms with van der Waals surface area (Å²) in [5, 5.41) is 3.22. The molecule has 3 fully saturated rings. The molecule has 5 nitrogen and oxygen atoms in total. The number of sulfone groups is 1. The number of rotatable bonds is 1. The van der Waals surface area contributed by atoms with Gasteiger partial charge < -0.3 is 10.1 Å². The molecule has 0 amide bonds. The molecule has 126 valence electrons. The van der Waals surface area contributed by atoms with Crippen molar-refractivity contribution >= 4 is 9.84 Å². The van der Waals surface area contributed by atoms with Crippen molar-refractivity contribution in [2.45, 2.75) is 40.2 Å². The summed E-state index contributed by atoms with van der Waals surface area (Å²) in [6.45, 7) is 14.2. The van der Waals surface area contributed by atoms with Gasteiger partial charge in [-0.15, -0.1) is 0 Å². The molecule has 3 saturated heterocycles. The van der Waals surface area contributed by atoms with Crippen LogP contribution >= 0.6 is 0 Å². The Balaban J connectivity index is 0.000000187. The number of nitrogens with one attached hydrogen (secondary N) is 1. The van der Waals surface area contributed by atoms with E-state index in [0.717, 1.165) is 13.2 Å². The molecule has 0 radical (unpaired) electrons. The average molecular weight is 320 g/mol. The van der Waals surface area contributed by atoms with E-state index in [1.54, 1.807) is 0 Å². The van der Waals surface area contributed by atoms with Crippen molar-refractivity contribution in [1.29, 1.82) is 0 Å². The fraction of sp³-hybridized carbons (Fsp3) is 1.00. The zero-order valence-corrected chi connectivity index (χ0v) is 14.8. The quantitative estimate of drug-likeness (QED) is 0.785. The smallest absolute Gasteiger partial charge is 0.152 e. The largest absolute Gasteiger partial charge is 0.380 e. The average Bonchev–Trinajstić information content (AvgIpc) is 2.26. The van der Waals surface area contributed by atoms with E-state index in [-0.39, 0.29) is 0 Å². The Labute approximate surface area is 130 Å². The Hall–Kier alpha value is -0.170. The summed E-state index contributed by atoms with van der Waals surface area (Å²) in [5.74, 6) is 0.677. The summed E-state index contributed by atoms with van der Waals surface area (Å²) in [4.78, 5) is 2.20. The molecule has 0 aromatic carbocycles. The first kappa shape index (κ1) is 18.9. The fourth-order valence-corrected chi connectivity index (χ4v) is 3.55. The van der Waals surface area contributed by atoms with Crippen LogP contribution in [0.15, 0.2) is 0 Å². The van der Waals surface area contributed by atoms with Gasteiger partial charge in [-0.2, -0.15) is 0 Å². The summed E-state index contributed by atoms with van der Waals surface area (Å²) >= 11 is 0. The predicted molar refractivity (Wildman–Crippen MR) is 87.4 cm³/mol. The minimum Gasteiger partial charge on any atom is -0.380 e. The molecule has 0 aromatic heterocycles. The van der Waals surface area contributed by atoms with Gasteiger partial charge in [-0.25, -0.2) is 8.42 Å². The Morgan fingerprint density at radius 1 is 1.14 bits per heavy atom. The first-order valence-electron chi connectivity index (χ1n) is 8.07. The van der Waals surface area contributed by atoms with Gasteiger partial charge >= 0.3 is 0 Å². The highest BCUT2D eigenvalue weighted by Crippen LogP contribution is 2.30. The molecule has 0 aromatic rings. The Bertz CT molecular complexity index is 358. The molecule has 3 aliphatic heterocycles. The summed E-state index contributed by atoms with van der Waals surface area (Å²) in [6, 6.07) is 0.477. The molecule has 0 saturated carbocycles. The van der Waals surface area contributed by atoms with E-state index >= 15 is 0 Å². The maximum absolute atomic E-state index is 11.0. The number of nitrogens with zero attached hydrogens (tertiary/aromatic N) is 1. The van der Waals surface area contributed by atoms with Crippen molar-refractivity contribution in [1.82, 2.24) is 10.2 Å². The van der Waals surface area contributed by atoms with Crippen LogP contribution in [0.4, 0.5) is 0 Å². The lowest BCUT2D eigenvalue weighted by Gasteiger charge is -2.48. The summed E-state index contributed by atoms with van der Waals surface area (Å²) in [6.07, 6.45) is 1.25. The SMILES string of the molecule is C1NCC12COC2.CC(C)N1CCS(=O)(=O)CC1.CCC. The molecular formula is C15H32N2O3S. The van der Waals surface area contributed by atoms with Crippen molar-refractivity contribution in [2.24, 2.45) is 5.41 Å². The fourth-order valence-electron chi connectivity index (χ4n) is 2.32. The molecule has 3 rings (SSSR count). The van der Waals surface area contributed by atoms with E-state index in [9.17, 15) is 8.42 Å². The number of hydrogen-bond donors (Lipinski definition) is 1. The Morgan fingerprint density at radius 2 is 1.62 bits per heavy atom. The van der Waals surface area contributed by atoms with E-state index in [4.69, 9.17) is 4.74 Å². The molecule has 0 atom stereocenters. The normalized spacial score (nSPS) is 25.8. The Kier molecular flexibility index (Phi) is 7.60. The van der Waals surface area contributed by atoms with Crippen LogP contribution < -0.4 is 5.32 Å². The van der Waals surface area contributed by atoms with Gasteiger partial charge in [0.1, 0.15) is 0 Å². The molecular weight excluding hydrogens is 288 g/mol. The lowest BCUT2D eigenvalue weighted by Crippen LogP contribution is -2.64. The van der Waals surface area contributed by atoms with Gasteiger partial charge in [0.25, 0.3) is 0 Å². The number of ether oxygens (including phenoxy) is 1. The van der Waals surface area contributed by atoms with Crippen LogP contribution in [-0.2, 0) is 14.6 Å². The van der Waals surface area contributed by atoms with Gasteiger partial charge in [0, 0.05) is 37.6 Å². The third kappa shape index (κ3) is 6.22. The van der Waals surface area contributed by atoms with E-state index in [1.165, 1.54) is 19.5 Å². The monoisotopic (exact) mass is 320 g/mol. The van der Waals surface area contributed by atoms with E-state index in [0.29, 0.717) is 36.1 Å². The van der Waals surface area contributed by atoms with Crippen molar-refractivity contribution < 1.29 is 13.2 Å². The molecule has 3 heterocycles. The maximum atomic E-state index is 11.0. The minimum absolute atomic E-state index is 0.338. The van der Waals surface area contributed by atoms with Crippen LogP contribution in [0.1, 0.15) is 34.1 Å². The third-order valence-corrected chi connectivity index (χ3v) is 5.53. The van der Waals surface area contributed by atoms with Crippen molar-refractivity contribution in [3.63, 3.8) is 0 Å². The van der Waals surface area contributed by atoms with Crippen molar-refractivity contribution in [3.8, 4) is 0 Å². The third-order valence-electron chi connectivity index (χ3n) is 3.93. The standard InChI is InChI=1S/C7H15NO2S.C5H9NO.C3H8/c1-7(2)8-3-5-11(9,10)6-4-8;1-5(2-6-1)3-7-4-5;1-3-2/h7H,3-6H2,1-2H3;6H,1-4H2;3H2,1-2H3. The summed E-state index contributed by atoms with van der Waals surface area (Å²) in [5.41, 5.74) is 0.611. The summed E-state index contributed by atoms with van der Waals surface area (Å²) in [7, 11) is -2.69. The second-order valence-electron chi connectivity index (χ2n) is 6.58. The maximum Gasteiger partial charge on any atom is 0.152 e. The zero-order valence-electron chi connectivity index (χ0n) is 14.0. The van der Waals surface area contributed by atoms with Crippen molar-refractivity contribution in [2.75, 3.05) is 50.9 Å². The minimum atomic E-state index is -2.69. The topological polar surface area (TPSA) is 58.6 Å². The molecule has 3 aliphatic rings. The predicted octanol–water partition coefficient (Wildman–Crippen LogP) is 1.15. The van der Waals surface area contributed by atoms with Gasteiger partial charge in [0.2, 0.25) is 0 Å². The second-order valence-corrected chi connectivity index (χ2v) is 8.89. The van der Waals surface area contributed by atoms with Crippen LogP contribution in [0.25, 0.3) is 0 Å². The van der Waals surface area contributed by atoms with Crippen LogP contribution in [-0.4, -0.2) is 70.3 Å². The van der Waals surface area contributed by atoms with Crippen LogP contribution in [0.3, 0.4) is 0 Å². The first-order valence-corrected chi connectivity index (χ1v) is 9.89. The van der Waals surface area contributed by atoms with Crippen molar-refractivity contribution in [3.05, 3.63) is 0 Å². The van der Waals surface area contributed by atoms with Gasteiger partial charge in [-0.05, 0) is 13.8 Å². The molecule has 21 heavy (non-hydrogen) atoms. The van der Waals surface area contributed by atoms with Crippen LogP contribution in [0.5, 0.6) is 0 Å². The molecule has 1 N–H and O–H groups in total. The van der Waals surface area contributed by atoms with E-state index < -0.39 is 9.84 Å². The summed E-state index contributed by atoms with van der Waals surface area (Å²) < 4.78 is 27.0. The van der Waals surface area contributed by atoms with Gasteiger partial charge in [-0.3, -0.25) is 4.90 Å². The van der Waals surface area contributed by atoms with E-state index in [1.807, 2.05) is 0 Å². The van der Waals surface area contributed by atoms with Gasteiger partial charge in [0.05, 0.1) is 24.7 Å². The van der Waals surface area contributed by atoms with Crippen LogP contribution in [0, 0.1) is 5.41 Å². The van der Waals surface area contributed by atoms with Crippen LogP contribution in [0.2, 0.25) is 0 Å². The first-order chi connectivity index (χ1) is 9.84. The molecule has 0 bridgehead atoms. The van der Waals surface area contributed by atoms with Gasteiger partial charge in [0.15, 0.2) is 9.84 Å². The molecule has 0 aliphatic carbocycles. The lowest BCUT2D eigenvalue weighted by molar-refractivity contribution is -0.139. The lowest BCUT2D eigenvalue weighted by atomic mass is 9.80.